The highest BCUT2D eigenvalue weighted by Crippen LogP contribution is 2.26. The molecule has 1 heterocycles. The van der Waals surface area contributed by atoms with Gasteiger partial charge >= 0.3 is 5.97 Å². The van der Waals surface area contributed by atoms with Crippen molar-refractivity contribution < 1.29 is 19.7 Å². The van der Waals surface area contributed by atoms with Crippen molar-refractivity contribution in [2.75, 3.05) is 6.61 Å². The minimum Gasteiger partial charge on any atom is -0.464 e. The molecule has 18 heavy (non-hydrogen) atoms. The standard InChI is InChI=1S/C13H14O4S/c1-2-17-13(16)12(15)11(14)9-4-3-8-5-6-18-10(8)7-9/h3-7,11-12,14-15H,2H2,1H3. The fourth-order valence-corrected chi connectivity index (χ4v) is 2.53. The van der Waals surface area contributed by atoms with Crippen LogP contribution in [0.25, 0.3) is 10.1 Å². The predicted octanol–water partition coefficient (Wildman–Crippen LogP) is 1.86. The Labute approximate surface area is 108 Å². The first-order valence-electron chi connectivity index (χ1n) is 5.63. The second kappa shape index (κ2) is 5.48. The monoisotopic (exact) mass is 266 g/mol. The number of hydrogen-bond acceptors (Lipinski definition) is 5. The summed E-state index contributed by atoms with van der Waals surface area (Å²) >= 11 is 1.54. The van der Waals surface area contributed by atoms with Gasteiger partial charge in [0.15, 0.2) is 6.10 Å². The van der Waals surface area contributed by atoms with E-state index in [4.69, 9.17) is 0 Å². The van der Waals surface area contributed by atoms with E-state index in [9.17, 15) is 15.0 Å². The number of carbonyl (C=O) groups excluding carboxylic acids is 1. The molecule has 0 fully saturated rings. The number of esters is 1. The van der Waals surface area contributed by atoms with E-state index in [1.807, 2.05) is 17.5 Å². The number of aliphatic hydroxyl groups is 2. The van der Waals surface area contributed by atoms with E-state index < -0.39 is 18.2 Å². The minimum atomic E-state index is -1.55. The van der Waals surface area contributed by atoms with E-state index in [2.05, 4.69) is 4.74 Å². The molecule has 0 radical (unpaired) electrons. The Morgan fingerprint density at radius 1 is 1.39 bits per heavy atom. The molecule has 2 N–H and O–H groups in total. The minimum absolute atomic E-state index is 0.173. The van der Waals surface area contributed by atoms with E-state index in [1.54, 1.807) is 30.4 Å². The first kappa shape index (κ1) is 13.0. The summed E-state index contributed by atoms with van der Waals surface area (Å²) in [5.74, 6) is -0.809. The Bertz CT molecular complexity index is 549. The molecule has 0 aliphatic rings. The smallest absolute Gasteiger partial charge is 0.338 e. The number of rotatable bonds is 4. The molecule has 1 aromatic carbocycles. The maximum atomic E-state index is 11.3. The van der Waals surface area contributed by atoms with Gasteiger partial charge in [0.1, 0.15) is 6.10 Å². The van der Waals surface area contributed by atoms with E-state index in [-0.39, 0.29) is 6.61 Å². The summed E-state index contributed by atoms with van der Waals surface area (Å²) in [4.78, 5) is 11.3. The number of thiophene rings is 1. The number of aliphatic hydroxyl groups excluding tert-OH is 2. The van der Waals surface area contributed by atoms with Crippen LogP contribution in [-0.2, 0) is 9.53 Å². The lowest BCUT2D eigenvalue weighted by molar-refractivity contribution is -0.159. The molecule has 2 unspecified atom stereocenters. The van der Waals surface area contributed by atoms with Crippen molar-refractivity contribution in [3.05, 3.63) is 35.2 Å². The number of carbonyl (C=O) groups is 1. The van der Waals surface area contributed by atoms with Crippen molar-refractivity contribution >= 4 is 27.4 Å². The third-order valence-corrected chi connectivity index (χ3v) is 3.53. The van der Waals surface area contributed by atoms with Crippen molar-refractivity contribution in [3.63, 3.8) is 0 Å². The average molecular weight is 266 g/mol. The highest BCUT2D eigenvalue weighted by molar-refractivity contribution is 7.17. The molecule has 96 valence electrons. The van der Waals surface area contributed by atoms with Gasteiger partial charge in [-0.25, -0.2) is 4.79 Å². The lowest BCUT2D eigenvalue weighted by Crippen LogP contribution is -2.29. The topological polar surface area (TPSA) is 66.8 Å². The van der Waals surface area contributed by atoms with E-state index in [0.29, 0.717) is 5.56 Å². The molecule has 0 saturated heterocycles. The third-order valence-electron chi connectivity index (χ3n) is 2.65. The van der Waals surface area contributed by atoms with Crippen LogP contribution in [0.4, 0.5) is 0 Å². The molecule has 0 bridgehead atoms. The summed E-state index contributed by atoms with van der Waals surface area (Å²) in [6.45, 7) is 1.82. The largest absolute Gasteiger partial charge is 0.464 e. The molecular weight excluding hydrogens is 252 g/mol. The fraction of sp³-hybridized carbons (Fsp3) is 0.308. The maximum absolute atomic E-state index is 11.3. The first-order chi connectivity index (χ1) is 8.63. The van der Waals surface area contributed by atoms with Gasteiger partial charge in [0.25, 0.3) is 0 Å². The van der Waals surface area contributed by atoms with Gasteiger partial charge in [-0.2, -0.15) is 0 Å². The highest BCUT2D eigenvalue weighted by atomic mass is 32.1. The van der Waals surface area contributed by atoms with Crippen LogP contribution in [0, 0.1) is 0 Å². The van der Waals surface area contributed by atoms with Crippen molar-refractivity contribution in [1.82, 2.24) is 0 Å². The average Bonchev–Trinajstić information content (AvgIpc) is 2.84. The van der Waals surface area contributed by atoms with Crippen LogP contribution in [0.1, 0.15) is 18.6 Å². The van der Waals surface area contributed by atoms with Crippen LogP contribution >= 0.6 is 11.3 Å². The molecule has 2 atom stereocenters. The van der Waals surface area contributed by atoms with Gasteiger partial charge in [0, 0.05) is 4.70 Å². The molecule has 0 amide bonds. The Balaban J connectivity index is 2.21. The van der Waals surface area contributed by atoms with Crippen molar-refractivity contribution in [3.8, 4) is 0 Å². The van der Waals surface area contributed by atoms with Gasteiger partial charge in [-0.3, -0.25) is 0 Å². The lowest BCUT2D eigenvalue weighted by atomic mass is 10.0. The Morgan fingerprint density at radius 2 is 2.17 bits per heavy atom. The Hall–Kier alpha value is -1.43. The fourth-order valence-electron chi connectivity index (χ4n) is 1.69. The lowest BCUT2D eigenvalue weighted by Gasteiger charge is -2.16. The number of fused-ring (bicyclic) bond motifs is 1. The molecular formula is C13H14O4S. The molecule has 4 nitrogen and oxygen atoms in total. The summed E-state index contributed by atoms with van der Waals surface area (Å²) in [5, 5.41) is 22.6. The van der Waals surface area contributed by atoms with Crippen molar-refractivity contribution in [1.29, 1.82) is 0 Å². The normalized spacial score (nSPS) is 14.4. The summed E-state index contributed by atoms with van der Waals surface area (Å²) in [6, 6.07) is 7.29. The predicted molar refractivity (Wildman–Crippen MR) is 69.4 cm³/mol. The van der Waals surface area contributed by atoms with Gasteiger partial charge < -0.3 is 14.9 Å². The maximum Gasteiger partial charge on any atom is 0.338 e. The molecule has 0 spiro atoms. The molecule has 2 rings (SSSR count). The van der Waals surface area contributed by atoms with Crippen LogP contribution in [0.3, 0.4) is 0 Å². The van der Waals surface area contributed by atoms with Crippen LogP contribution in [-0.4, -0.2) is 28.9 Å². The number of hydrogen-bond donors (Lipinski definition) is 2. The molecule has 2 aromatic rings. The van der Waals surface area contributed by atoms with Gasteiger partial charge in [0.05, 0.1) is 6.61 Å². The Kier molecular flexibility index (Phi) is 3.96. The summed E-state index contributed by atoms with van der Waals surface area (Å²) in [5.41, 5.74) is 0.505. The molecule has 5 heteroatoms. The van der Waals surface area contributed by atoms with Crippen LogP contribution in [0.15, 0.2) is 29.6 Å². The number of ether oxygens (including phenoxy) is 1. The molecule has 0 aliphatic heterocycles. The molecule has 0 saturated carbocycles. The first-order valence-corrected chi connectivity index (χ1v) is 6.51. The van der Waals surface area contributed by atoms with Crippen LogP contribution in [0.2, 0.25) is 0 Å². The van der Waals surface area contributed by atoms with E-state index >= 15 is 0 Å². The quantitative estimate of drug-likeness (QED) is 0.829. The van der Waals surface area contributed by atoms with E-state index in [1.165, 1.54) is 0 Å². The van der Waals surface area contributed by atoms with Crippen molar-refractivity contribution in [2.45, 2.75) is 19.1 Å². The second-order valence-corrected chi connectivity index (χ2v) is 4.81. The van der Waals surface area contributed by atoms with E-state index in [0.717, 1.165) is 10.1 Å². The zero-order valence-electron chi connectivity index (χ0n) is 9.87. The van der Waals surface area contributed by atoms with Gasteiger partial charge in [0.2, 0.25) is 0 Å². The summed E-state index contributed by atoms with van der Waals surface area (Å²) < 4.78 is 5.67. The zero-order valence-corrected chi connectivity index (χ0v) is 10.7. The van der Waals surface area contributed by atoms with Gasteiger partial charge in [-0.05, 0) is 35.4 Å². The number of benzene rings is 1. The van der Waals surface area contributed by atoms with Crippen molar-refractivity contribution in [2.24, 2.45) is 0 Å². The van der Waals surface area contributed by atoms with Gasteiger partial charge in [-0.15, -0.1) is 11.3 Å². The molecule has 1 aromatic heterocycles. The SMILES string of the molecule is CCOC(=O)C(O)C(O)c1ccc2ccsc2c1. The third kappa shape index (κ3) is 2.53. The summed E-state index contributed by atoms with van der Waals surface area (Å²) in [6.07, 6.45) is -2.82. The zero-order chi connectivity index (χ0) is 13.1. The van der Waals surface area contributed by atoms with Crippen LogP contribution in [0.5, 0.6) is 0 Å². The van der Waals surface area contributed by atoms with Gasteiger partial charge in [-0.1, -0.05) is 12.1 Å². The molecule has 0 aliphatic carbocycles. The van der Waals surface area contributed by atoms with Crippen LogP contribution < -0.4 is 0 Å². The summed E-state index contributed by atoms with van der Waals surface area (Å²) in [7, 11) is 0. The second-order valence-electron chi connectivity index (χ2n) is 3.86. The Morgan fingerprint density at radius 3 is 2.89 bits per heavy atom. The highest BCUT2D eigenvalue weighted by Gasteiger charge is 2.26.